The van der Waals surface area contributed by atoms with E-state index in [0.717, 1.165) is 19.4 Å². The van der Waals surface area contributed by atoms with E-state index < -0.39 is 6.10 Å². The third kappa shape index (κ3) is 4.90. The van der Waals surface area contributed by atoms with Crippen molar-refractivity contribution in [3.05, 3.63) is 23.8 Å². The van der Waals surface area contributed by atoms with E-state index in [9.17, 15) is 14.4 Å². The van der Waals surface area contributed by atoms with Gasteiger partial charge in [0.25, 0.3) is 5.91 Å². The van der Waals surface area contributed by atoms with Crippen molar-refractivity contribution in [1.82, 2.24) is 10.2 Å². The molecule has 0 bridgehead atoms. The molecule has 0 radical (unpaired) electrons. The van der Waals surface area contributed by atoms with E-state index in [0.29, 0.717) is 23.5 Å². The zero-order chi connectivity index (χ0) is 20.1. The minimum absolute atomic E-state index is 0.0764. The lowest BCUT2D eigenvalue weighted by molar-refractivity contribution is -0.128. The van der Waals surface area contributed by atoms with Crippen molar-refractivity contribution in [3.63, 3.8) is 0 Å². The predicted octanol–water partition coefficient (Wildman–Crippen LogP) is 2.00. The number of amides is 2. The molecule has 1 fully saturated rings. The Morgan fingerprint density at radius 3 is 2.68 bits per heavy atom. The lowest BCUT2D eigenvalue weighted by Crippen LogP contribution is -2.49. The molecule has 2 heterocycles. The third-order valence-corrected chi connectivity index (χ3v) is 5.30. The molecular formula is C21H29N3O4. The number of Topliss-reactive ketones (excluding diaryl/α,β-unsaturated/α-hetero) is 1. The number of benzene rings is 1. The highest BCUT2D eigenvalue weighted by molar-refractivity contribution is 6.05. The summed E-state index contributed by atoms with van der Waals surface area (Å²) in [6.45, 7) is 7.10. The van der Waals surface area contributed by atoms with Crippen LogP contribution in [0.25, 0.3) is 0 Å². The number of carbonyl (C=O) groups is 3. The number of carbonyl (C=O) groups excluding carboxylic acids is 3. The fourth-order valence-corrected chi connectivity index (χ4v) is 3.68. The number of hydrogen-bond acceptors (Lipinski definition) is 5. The number of ketones is 1. The summed E-state index contributed by atoms with van der Waals surface area (Å²) in [5, 5.41) is 2.90. The molecule has 1 N–H and O–H groups in total. The summed E-state index contributed by atoms with van der Waals surface area (Å²) in [5.74, 6) is -0.0769. The van der Waals surface area contributed by atoms with Crippen LogP contribution < -0.4 is 15.0 Å². The molecule has 1 saturated heterocycles. The van der Waals surface area contributed by atoms with Crippen molar-refractivity contribution >= 4 is 23.3 Å². The molecule has 2 aliphatic heterocycles. The molecule has 1 aromatic rings. The van der Waals surface area contributed by atoms with E-state index >= 15 is 0 Å². The predicted molar refractivity (Wildman–Crippen MR) is 107 cm³/mol. The van der Waals surface area contributed by atoms with E-state index in [4.69, 9.17) is 4.74 Å². The molecule has 0 aliphatic carbocycles. The highest BCUT2D eigenvalue weighted by atomic mass is 16.5. The van der Waals surface area contributed by atoms with Gasteiger partial charge in [-0.2, -0.15) is 0 Å². The number of hydrogen-bond donors (Lipinski definition) is 1. The van der Waals surface area contributed by atoms with E-state index in [1.165, 1.54) is 37.8 Å². The molecule has 0 spiro atoms. The molecule has 1 atom stereocenters. The first-order chi connectivity index (χ1) is 13.5. The highest BCUT2D eigenvalue weighted by Crippen LogP contribution is 2.34. The van der Waals surface area contributed by atoms with Crippen LogP contribution in [-0.2, 0) is 9.59 Å². The second kappa shape index (κ2) is 9.19. The van der Waals surface area contributed by atoms with Crippen molar-refractivity contribution < 1.29 is 19.1 Å². The molecule has 2 amide bonds. The quantitative estimate of drug-likeness (QED) is 0.545. The lowest BCUT2D eigenvalue weighted by atomic mass is 10.1. The van der Waals surface area contributed by atoms with Gasteiger partial charge >= 0.3 is 0 Å². The topological polar surface area (TPSA) is 79.0 Å². The van der Waals surface area contributed by atoms with Gasteiger partial charge in [0.1, 0.15) is 12.3 Å². The Balaban J connectivity index is 1.54. The zero-order valence-electron chi connectivity index (χ0n) is 16.7. The summed E-state index contributed by atoms with van der Waals surface area (Å²) in [4.78, 5) is 40.5. The van der Waals surface area contributed by atoms with Crippen LogP contribution in [0.5, 0.6) is 5.75 Å². The van der Waals surface area contributed by atoms with Crippen LogP contribution in [0.1, 0.15) is 49.9 Å². The van der Waals surface area contributed by atoms with Gasteiger partial charge < -0.3 is 15.0 Å². The van der Waals surface area contributed by atoms with Gasteiger partial charge in [0, 0.05) is 12.1 Å². The molecule has 2 aliphatic rings. The normalized spacial score (nSPS) is 19.3. The minimum atomic E-state index is -0.663. The second-order valence-corrected chi connectivity index (χ2v) is 7.53. The van der Waals surface area contributed by atoms with E-state index in [1.807, 2.05) is 0 Å². The molecule has 0 aromatic heterocycles. The van der Waals surface area contributed by atoms with Crippen LogP contribution in [-0.4, -0.2) is 61.3 Å². The largest absolute Gasteiger partial charge is 0.479 e. The van der Waals surface area contributed by atoms with E-state index in [2.05, 4.69) is 10.2 Å². The molecular weight excluding hydrogens is 358 g/mol. The molecule has 0 saturated carbocycles. The van der Waals surface area contributed by atoms with Crippen molar-refractivity contribution in [2.75, 3.05) is 37.6 Å². The first kappa shape index (κ1) is 20.3. The van der Waals surface area contributed by atoms with Gasteiger partial charge in [-0.05, 0) is 77.4 Å². The average molecular weight is 387 g/mol. The Hall–Kier alpha value is -2.41. The van der Waals surface area contributed by atoms with Crippen molar-refractivity contribution in [2.45, 2.75) is 45.6 Å². The summed E-state index contributed by atoms with van der Waals surface area (Å²) < 4.78 is 5.61. The number of anilines is 1. The zero-order valence-corrected chi connectivity index (χ0v) is 16.7. The maximum atomic E-state index is 12.6. The number of ether oxygens (including phenoxy) is 1. The van der Waals surface area contributed by atoms with Crippen LogP contribution >= 0.6 is 0 Å². The minimum Gasteiger partial charge on any atom is -0.479 e. The summed E-state index contributed by atoms with van der Waals surface area (Å²) in [6.07, 6.45) is 3.88. The van der Waals surface area contributed by atoms with Crippen LogP contribution in [0.15, 0.2) is 18.2 Å². The van der Waals surface area contributed by atoms with Gasteiger partial charge in [0.15, 0.2) is 11.9 Å². The molecule has 28 heavy (non-hydrogen) atoms. The Morgan fingerprint density at radius 1 is 1.21 bits per heavy atom. The average Bonchev–Trinajstić information content (AvgIpc) is 3.18. The van der Waals surface area contributed by atoms with Gasteiger partial charge in [-0.3, -0.25) is 19.3 Å². The Labute approximate surface area is 166 Å². The highest BCUT2D eigenvalue weighted by Gasteiger charge is 2.33. The van der Waals surface area contributed by atoms with Crippen molar-refractivity contribution in [3.8, 4) is 5.75 Å². The summed E-state index contributed by atoms with van der Waals surface area (Å²) in [6, 6.07) is 4.96. The van der Waals surface area contributed by atoms with E-state index in [-0.39, 0.29) is 24.1 Å². The van der Waals surface area contributed by atoms with Gasteiger partial charge in [-0.1, -0.05) is 0 Å². The number of nitrogens with zero attached hydrogens (tertiary/aromatic N) is 2. The Morgan fingerprint density at radius 2 is 1.96 bits per heavy atom. The lowest BCUT2D eigenvalue weighted by Gasteiger charge is -2.32. The first-order valence-electron chi connectivity index (χ1n) is 10.1. The molecule has 7 heteroatoms. The third-order valence-electron chi connectivity index (χ3n) is 5.30. The number of unbranched alkanes of at least 4 members (excludes halogenated alkanes) is 1. The SMILES string of the molecule is CC(=O)c1ccc2c(c1)N(CC(=O)NCCCCN1CCCC1)C(=O)C(C)O2. The van der Waals surface area contributed by atoms with Gasteiger partial charge in [-0.25, -0.2) is 0 Å². The molecule has 152 valence electrons. The van der Waals surface area contributed by atoms with Gasteiger partial charge in [0.05, 0.1) is 5.69 Å². The molecule has 7 nitrogen and oxygen atoms in total. The monoisotopic (exact) mass is 387 g/mol. The van der Waals surface area contributed by atoms with Crippen LogP contribution in [0.2, 0.25) is 0 Å². The van der Waals surface area contributed by atoms with Gasteiger partial charge in [0.2, 0.25) is 5.91 Å². The number of fused-ring (bicyclic) bond motifs is 1. The summed E-state index contributed by atoms with van der Waals surface area (Å²) >= 11 is 0. The fraction of sp³-hybridized carbons (Fsp3) is 0.571. The van der Waals surface area contributed by atoms with Crippen molar-refractivity contribution in [1.29, 1.82) is 0 Å². The Bertz CT molecular complexity index is 743. The fourth-order valence-electron chi connectivity index (χ4n) is 3.68. The van der Waals surface area contributed by atoms with Gasteiger partial charge in [-0.15, -0.1) is 0 Å². The Kier molecular flexibility index (Phi) is 6.67. The maximum absolute atomic E-state index is 12.6. The number of likely N-dealkylation sites (tertiary alicyclic amines) is 1. The van der Waals surface area contributed by atoms with Crippen LogP contribution in [0.4, 0.5) is 5.69 Å². The number of rotatable bonds is 8. The molecule has 1 aromatic carbocycles. The van der Waals surface area contributed by atoms with E-state index in [1.54, 1.807) is 25.1 Å². The van der Waals surface area contributed by atoms with Crippen LogP contribution in [0, 0.1) is 0 Å². The standard InChI is InChI=1S/C21H29N3O4/c1-15(25)17-7-8-19-18(13-17)24(21(27)16(2)28-19)14-20(26)22-9-3-4-10-23-11-5-6-12-23/h7-8,13,16H,3-6,9-12,14H2,1-2H3,(H,22,26). The smallest absolute Gasteiger partial charge is 0.268 e. The van der Waals surface area contributed by atoms with Crippen LogP contribution in [0.3, 0.4) is 0 Å². The molecule has 1 unspecified atom stereocenters. The maximum Gasteiger partial charge on any atom is 0.268 e. The second-order valence-electron chi connectivity index (χ2n) is 7.53. The summed E-state index contributed by atoms with van der Waals surface area (Å²) in [7, 11) is 0. The first-order valence-corrected chi connectivity index (χ1v) is 10.1. The number of nitrogens with one attached hydrogen (secondary N) is 1. The van der Waals surface area contributed by atoms with Crippen molar-refractivity contribution in [2.24, 2.45) is 0 Å². The summed E-state index contributed by atoms with van der Waals surface area (Å²) in [5.41, 5.74) is 0.956. The molecule has 3 rings (SSSR count).